The van der Waals surface area contributed by atoms with E-state index in [1.165, 1.54) is 13.8 Å². The molecule has 2 aliphatic rings. The summed E-state index contributed by atoms with van der Waals surface area (Å²) in [6, 6.07) is 12.2. The van der Waals surface area contributed by atoms with Gasteiger partial charge < -0.3 is 10.1 Å². The minimum absolute atomic E-state index is 0.299. The Hall–Kier alpha value is -3.22. The Kier molecular flexibility index (Phi) is 5.76. The highest BCUT2D eigenvalue weighted by Gasteiger charge is 2.51. The quantitative estimate of drug-likeness (QED) is 0.590. The molecule has 1 aliphatic carbocycles. The van der Waals surface area contributed by atoms with Crippen LogP contribution in [0.2, 0.25) is 0 Å². The Morgan fingerprint density at radius 2 is 1.58 bits per heavy atom. The Morgan fingerprint density at radius 1 is 0.968 bits per heavy atom. The summed E-state index contributed by atoms with van der Waals surface area (Å²) in [5, 5.41) is 4.77. The summed E-state index contributed by atoms with van der Waals surface area (Å²) in [6.45, 7) is 2.94. The van der Waals surface area contributed by atoms with E-state index in [1.807, 2.05) is 36.4 Å². The molecule has 1 saturated heterocycles. The summed E-state index contributed by atoms with van der Waals surface area (Å²) in [5.41, 5.74) is 0.591. The standard InChI is InChI=1S/C24H26N2O5/c1-14(26-22(28)19-9-5-6-10-20(19)23(26)29)24(30)31-15(2)21(27)25-18-12-11-16-7-3-4-8-17(16)13-18/h3-4,7-8,11-15,19-20H,5-6,9-10H2,1-2H3,(H,25,27)/t14-,15-,19-,20+/m0/s1. The number of carbonyl (C=O) groups is 4. The first-order chi connectivity index (χ1) is 14.9. The van der Waals surface area contributed by atoms with Crippen molar-refractivity contribution >= 4 is 40.2 Å². The highest BCUT2D eigenvalue weighted by Crippen LogP contribution is 2.39. The predicted molar refractivity (Wildman–Crippen MR) is 115 cm³/mol. The molecule has 1 aliphatic heterocycles. The maximum atomic E-state index is 12.7. The van der Waals surface area contributed by atoms with Crippen LogP contribution in [0.4, 0.5) is 5.69 Å². The second kappa shape index (κ2) is 8.49. The summed E-state index contributed by atoms with van der Waals surface area (Å²) in [6.07, 6.45) is 2.12. The molecule has 1 N–H and O–H groups in total. The lowest BCUT2D eigenvalue weighted by Gasteiger charge is -2.23. The van der Waals surface area contributed by atoms with E-state index in [2.05, 4.69) is 5.32 Å². The summed E-state index contributed by atoms with van der Waals surface area (Å²) in [4.78, 5) is 51.5. The van der Waals surface area contributed by atoms with Crippen LogP contribution in [0.15, 0.2) is 42.5 Å². The molecule has 0 bridgehead atoms. The molecule has 4 rings (SSSR count). The van der Waals surface area contributed by atoms with Gasteiger partial charge in [0.25, 0.3) is 5.91 Å². The Morgan fingerprint density at radius 3 is 2.23 bits per heavy atom. The number of amides is 3. The number of benzene rings is 2. The van der Waals surface area contributed by atoms with Gasteiger partial charge in [0.15, 0.2) is 6.10 Å². The van der Waals surface area contributed by atoms with Crippen molar-refractivity contribution < 1.29 is 23.9 Å². The third kappa shape index (κ3) is 4.04. The summed E-state index contributed by atoms with van der Waals surface area (Å²) in [7, 11) is 0. The van der Waals surface area contributed by atoms with Crippen LogP contribution < -0.4 is 5.32 Å². The van der Waals surface area contributed by atoms with Crippen molar-refractivity contribution in [2.75, 3.05) is 5.32 Å². The SMILES string of the molecule is C[C@H](OC(=O)[C@H](C)N1C(=O)[C@H]2CCCC[C@H]2C1=O)C(=O)Nc1ccc2ccccc2c1. The largest absolute Gasteiger partial charge is 0.451 e. The number of esters is 1. The lowest BCUT2D eigenvalue weighted by Crippen LogP contribution is -2.46. The Bertz CT molecular complexity index is 1030. The van der Waals surface area contributed by atoms with Gasteiger partial charge in [0, 0.05) is 5.69 Å². The lowest BCUT2D eigenvalue weighted by atomic mass is 9.81. The fourth-order valence-electron chi connectivity index (χ4n) is 4.51. The number of fused-ring (bicyclic) bond motifs is 2. The van der Waals surface area contributed by atoms with Crippen LogP contribution in [-0.4, -0.2) is 40.7 Å². The molecule has 2 fully saturated rings. The summed E-state index contributed by atoms with van der Waals surface area (Å²) in [5.74, 6) is -2.50. The topological polar surface area (TPSA) is 92.8 Å². The number of imide groups is 1. The zero-order chi connectivity index (χ0) is 22.1. The molecule has 31 heavy (non-hydrogen) atoms. The van der Waals surface area contributed by atoms with Gasteiger partial charge in [0.1, 0.15) is 6.04 Å². The molecular formula is C24H26N2O5. The highest BCUT2D eigenvalue weighted by atomic mass is 16.5. The van der Waals surface area contributed by atoms with E-state index in [1.54, 1.807) is 6.07 Å². The molecule has 1 heterocycles. The van der Waals surface area contributed by atoms with Gasteiger partial charge in [-0.2, -0.15) is 0 Å². The van der Waals surface area contributed by atoms with Crippen molar-refractivity contribution in [1.29, 1.82) is 0 Å². The number of carbonyl (C=O) groups excluding carboxylic acids is 4. The molecule has 162 valence electrons. The number of likely N-dealkylation sites (tertiary alicyclic amines) is 1. The predicted octanol–water partition coefficient (Wildman–Crippen LogP) is 3.27. The van der Waals surface area contributed by atoms with Crippen molar-refractivity contribution in [2.45, 2.75) is 51.7 Å². The number of hydrogen-bond donors (Lipinski definition) is 1. The molecule has 2 aromatic carbocycles. The lowest BCUT2D eigenvalue weighted by molar-refractivity contribution is -0.163. The van der Waals surface area contributed by atoms with E-state index in [0.717, 1.165) is 28.5 Å². The smallest absolute Gasteiger partial charge is 0.329 e. The monoisotopic (exact) mass is 422 g/mol. The molecule has 2 aromatic rings. The number of hydrogen-bond acceptors (Lipinski definition) is 5. The van der Waals surface area contributed by atoms with Crippen molar-refractivity contribution in [1.82, 2.24) is 4.90 Å². The van der Waals surface area contributed by atoms with Crippen LogP contribution in [0, 0.1) is 11.8 Å². The van der Waals surface area contributed by atoms with Gasteiger partial charge in [0.2, 0.25) is 11.8 Å². The highest BCUT2D eigenvalue weighted by molar-refractivity contribution is 6.08. The second-order valence-electron chi connectivity index (χ2n) is 8.35. The van der Waals surface area contributed by atoms with Crippen LogP contribution in [0.5, 0.6) is 0 Å². The Balaban J connectivity index is 1.38. The van der Waals surface area contributed by atoms with Gasteiger partial charge in [-0.3, -0.25) is 19.3 Å². The van der Waals surface area contributed by atoms with E-state index in [4.69, 9.17) is 4.74 Å². The maximum absolute atomic E-state index is 12.7. The third-order valence-corrected chi connectivity index (χ3v) is 6.28. The number of ether oxygens (including phenoxy) is 1. The van der Waals surface area contributed by atoms with Gasteiger partial charge >= 0.3 is 5.97 Å². The van der Waals surface area contributed by atoms with E-state index < -0.39 is 24.0 Å². The maximum Gasteiger partial charge on any atom is 0.329 e. The Labute approximate surface area is 180 Å². The van der Waals surface area contributed by atoms with Crippen molar-refractivity contribution in [3.63, 3.8) is 0 Å². The molecule has 4 atom stereocenters. The van der Waals surface area contributed by atoms with Gasteiger partial charge in [-0.1, -0.05) is 43.2 Å². The molecule has 1 saturated carbocycles. The molecule has 3 amide bonds. The first kappa shape index (κ1) is 21.0. The van der Waals surface area contributed by atoms with Gasteiger partial charge in [-0.25, -0.2) is 4.79 Å². The van der Waals surface area contributed by atoms with Crippen LogP contribution in [-0.2, 0) is 23.9 Å². The van der Waals surface area contributed by atoms with Crippen LogP contribution in [0.3, 0.4) is 0 Å². The molecule has 0 spiro atoms. The van der Waals surface area contributed by atoms with Gasteiger partial charge in [-0.15, -0.1) is 0 Å². The van der Waals surface area contributed by atoms with Crippen molar-refractivity contribution in [3.8, 4) is 0 Å². The van der Waals surface area contributed by atoms with E-state index in [-0.39, 0.29) is 23.7 Å². The average Bonchev–Trinajstić information content (AvgIpc) is 3.03. The normalized spacial score (nSPS) is 22.7. The minimum atomic E-state index is -1.07. The van der Waals surface area contributed by atoms with Crippen molar-refractivity contribution in [2.24, 2.45) is 11.8 Å². The first-order valence-electron chi connectivity index (χ1n) is 10.7. The van der Waals surface area contributed by atoms with E-state index >= 15 is 0 Å². The summed E-state index contributed by atoms with van der Waals surface area (Å²) < 4.78 is 5.30. The number of nitrogens with zero attached hydrogens (tertiary/aromatic N) is 1. The first-order valence-corrected chi connectivity index (χ1v) is 10.7. The van der Waals surface area contributed by atoms with E-state index in [0.29, 0.717) is 18.5 Å². The van der Waals surface area contributed by atoms with Crippen LogP contribution >= 0.6 is 0 Å². The number of rotatable bonds is 5. The summed E-state index contributed by atoms with van der Waals surface area (Å²) >= 11 is 0. The minimum Gasteiger partial charge on any atom is -0.451 e. The number of nitrogens with one attached hydrogen (secondary N) is 1. The second-order valence-corrected chi connectivity index (χ2v) is 8.35. The average molecular weight is 422 g/mol. The van der Waals surface area contributed by atoms with Crippen LogP contribution in [0.1, 0.15) is 39.5 Å². The van der Waals surface area contributed by atoms with Crippen molar-refractivity contribution in [3.05, 3.63) is 42.5 Å². The number of anilines is 1. The molecule has 7 nitrogen and oxygen atoms in total. The molecule has 0 aromatic heterocycles. The zero-order valence-electron chi connectivity index (χ0n) is 17.7. The fraction of sp³-hybridized carbons (Fsp3) is 0.417. The molecular weight excluding hydrogens is 396 g/mol. The third-order valence-electron chi connectivity index (χ3n) is 6.28. The zero-order valence-corrected chi connectivity index (χ0v) is 17.7. The van der Waals surface area contributed by atoms with Gasteiger partial charge in [0.05, 0.1) is 11.8 Å². The molecule has 0 unspecified atom stereocenters. The van der Waals surface area contributed by atoms with Gasteiger partial charge in [-0.05, 0) is 49.6 Å². The van der Waals surface area contributed by atoms with Crippen LogP contribution in [0.25, 0.3) is 10.8 Å². The van der Waals surface area contributed by atoms with E-state index in [9.17, 15) is 19.2 Å². The molecule has 7 heteroatoms. The molecule has 0 radical (unpaired) electrons. The fourth-order valence-corrected chi connectivity index (χ4v) is 4.51.